The van der Waals surface area contributed by atoms with E-state index in [1.54, 1.807) is 91.1 Å². The summed E-state index contributed by atoms with van der Waals surface area (Å²) < 4.78 is 34.2. The molecule has 0 saturated carbocycles. The van der Waals surface area contributed by atoms with Crippen LogP contribution in [-0.2, 0) is 0 Å². The molecule has 0 fully saturated rings. The average molecular weight is 572 g/mol. The lowest BCUT2D eigenvalue weighted by Gasteiger charge is -2.09. The Morgan fingerprint density at radius 1 is 0.628 bits per heavy atom. The molecule has 1 amide bonds. The lowest BCUT2D eigenvalue weighted by molar-refractivity contribution is 0.103. The van der Waals surface area contributed by atoms with Crippen LogP contribution < -0.4 is 10.1 Å². The number of hydrogen-bond donors (Lipinski definition) is 1. The predicted molar refractivity (Wildman–Crippen MR) is 160 cm³/mol. The summed E-state index contributed by atoms with van der Waals surface area (Å²) in [5.41, 5.74) is 3.96. The van der Waals surface area contributed by atoms with Gasteiger partial charge in [0.05, 0.1) is 0 Å². The molecule has 5 aromatic carbocycles. The van der Waals surface area contributed by atoms with Crippen molar-refractivity contribution in [1.29, 1.82) is 0 Å². The summed E-state index contributed by atoms with van der Waals surface area (Å²) in [6.45, 7) is 0. The zero-order valence-corrected chi connectivity index (χ0v) is 22.6. The van der Waals surface area contributed by atoms with Gasteiger partial charge < -0.3 is 10.1 Å². The first-order valence-electron chi connectivity index (χ1n) is 13.3. The maximum absolute atomic E-state index is 13.6. The molecule has 0 atom stereocenters. The number of nitrogens with zero attached hydrogens (tertiary/aromatic N) is 2. The summed E-state index contributed by atoms with van der Waals surface area (Å²) in [7, 11) is 0. The van der Waals surface area contributed by atoms with E-state index in [4.69, 9.17) is 4.74 Å². The second kappa shape index (κ2) is 11.9. The van der Waals surface area contributed by atoms with Crippen molar-refractivity contribution in [3.63, 3.8) is 0 Å². The SMILES string of the molecule is O=C(c1ccccc1)c1ccc(Oc2ccc(NC(=O)n3cc(-c4ccc(F)cc4)c(-c4ccc(F)cc4)n3)cc2)cc1. The van der Waals surface area contributed by atoms with Gasteiger partial charge in [-0.2, -0.15) is 9.78 Å². The van der Waals surface area contributed by atoms with Gasteiger partial charge in [0.1, 0.15) is 28.8 Å². The van der Waals surface area contributed by atoms with E-state index in [1.165, 1.54) is 24.3 Å². The molecule has 210 valence electrons. The van der Waals surface area contributed by atoms with Crippen molar-refractivity contribution in [3.05, 3.63) is 156 Å². The number of ether oxygens (including phenoxy) is 1. The summed E-state index contributed by atoms with van der Waals surface area (Å²) in [4.78, 5) is 25.8. The minimum absolute atomic E-state index is 0.0704. The summed E-state index contributed by atoms with van der Waals surface area (Å²) in [6, 6.07) is 33.8. The van der Waals surface area contributed by atoms with Gasteiger partial charge >= 0.3 is 6.03 Å². The van der Waals surface area contributed by atoms with Crippen LogP contribution in [0.2, 0.25) is 0 Å². The zero-order valence-electron chi connectivity index (χ0n) is 22.6. The molecule has 0 bridgehead atoms. The van der Waals surface area contributed by atoms with Crippen molar-refractivity contribution >= 4 is 17.5 Å². The van der Waals surface area contributed by atoms with Crippen LogP contribution in [0.4, 0.5) is 19.3 Å². The van der Waals surface area contributed by atoms with Crippen LogP contribution in [0.1, 0.15) is 15.9 Å². The first kappa shape index (κ1) is 27.3. The fourth-order valence-corrected chi connectivity index (χ4v) is 4.49. The van der Waals surface area contributed by atoms with Crippen molar-refractivity contribution < 1.29 is 23.1 Å². The molecule has 8 heteroatoms. The minimum Gasteiger partial charge on any atom is -0.457 e. The number of halogens is 2. The van der Waals surface area contributed by atoms with Crippen molar-refractivity contribution in [2.75, 3.05) is 5.32 Å². The number of carbonyl (C=O) groups is 2. The van der Waals surface area contributed by atoms with Crippen LogP contribution >= 0.6 is 0 Å². The van der Waals surface area contributed by atoms with Crippen LogP contribution in [0.5, 0.6) is 11.5 Å². The highest BCUT2D eigenvalue weighted by atomic mass is 19.1. The molecule has 0 aliphatic heterocycles. The molecule has 1 N–H and O–H groups in total. The summed E-state index contributed by atoms with van der Waals surface area (Å²) in [5.74, 6) is 0.238. The molecule has 6 nitrogen and oxygen atoms in total. The highest BCUT2D eigenvalue weighted by Crippen LogP contribution is 2.32. The molecular formula is C35H23F2N3O3. The summed E-state index contributed by atoms with van der Waals surface area (Å²) in [5, 5.41) is 7.25. The van der Waals surface area contributed by atoms with Gasteiger partial charge in [-0.05, 0) is 90.5 Å². The molecule has 0 aliphatic carbocycles. The molecule has 0 aliphatic rings. The number of amides is 1. The fourth-order valence-electron chi connectivity index (χ4n) is 4.49. The fraction of sp³-hybridized carbons (Fsp3) is 0. The third-order valence-electron chi connectivity index (χ3n) is 6.69. The van der Waals surface area contributed by atoms with E-state index in [1.807, 2.05) is 18.2 Å². The van der Waals surface area contributed by atoms with Crippen molar-refractivity contribution in [1.82, 2.24) is 9.78 Å². The monoisotopic (exact) mass is 571 g/mol. The van der Waals surface area contributed by atoms with Gasteiger partial charge in [-0.25, -0.2) is 13.6 Å². The lowest BCUT2D eigenvalue weighted by atomic mass is 10.0. The maximum Gasteiger partial charge on any atom is 0.346 e. The number of hydrogen-bond acceptors (Lipinski definition) is 4. The molecule has 6 rings (SSSR count). The van der Waals surface area contributed by atoms with Crippen molar-refractivity contribution in [2.24, 2.45) is 0 Å². The van der Waals surface area contributed by atoms with Crippen LogP contribution in [-0.4, -0.2) is 21.6 Å². The van der Waals surface area contributed by atoms with Gasteiger partial charge in [0.25, 0.3) is 0 Å². The smallest absolute Gasteiger partial charge is 0.346 e. The van der Waals surface area contributed by atoms with Crippen molar-refractivity contribution in [2.45, 2.75) is 0 Å². The zero-order chi connectivity index (χ0) is 29.8. The number of nitrogens with one attached hydrogen (secondary N) is 1. The molecule has 1 heterocycles. The van der Waals surface area contributed by atoms with E-state index in [0.717, 1.165) is 4.68 Å². The van der Waals surface area contributed by atoms with E-state index in [2.05, 4.69) is 10.4 Å². The Morgan fingerprint density at radius 2 is 1.16 bits per heavy atom. The quantitative estimate of drug-likeness (QED) is 0.195. The Hall–Kier alpha value is -5.89. The first-order valence-corrected chi connectivity index (χ1v) is 13.3. The van der Waals surface area contributed by atoms with E-state index in [-0.39, 0.29) is 11.6 Å². The number of anilines is 1. The van der Waals surface area contributed by atoms with Gasteiger partial charge in [-0.1, -0.05) is 42.5 Å². The van der Waals surface area contributed by atoms with Gasteiger partial charge in [-0.3, -0.25) is 4.79 Å². The molecule has 0 saturated heterocycles. The third-order valence-corrected chi connectivity index (χ3v) is 6.69. The average Bonchev–Trinajstić information content (AvgIpc) is 3.49. The number of aromatic nitrogens is 2. The molecule has 0 spiro atoms. The minimum atomic E-state index is -0.524. The standard InChI is InChI=1S/C35H23F2N3O3/c36-27-12-6-23(7-13-27)32-22-40(39-33(32)24-8-14-28(37)15-9-24)35(42)38-29-16-20-31(21-17-29)43-30-18-10-26(11-19-30)34(41)25-4-2-1-3-5-25/h1-22H,(H,38,42). The van der Waals surface area contributed by atoms with E-state index in [9.17, 15) is 18.4 Å². The molecule has 1 aromatic heterocycles. The number of benzene rings is 5. The molecular weight excluding hydrogens is 548 g/mol. The second-order valence-corrected chi connectivity index (χ2v) is 9.63. The third kappa shape index (κ3) is 6.23. The largest absolute Gasteiger partial charge is 0.457 e. The van der Waals surface area contributed by atoms with Gasteiger partial charge in [-0.15, -0.1) is 0 Å². The Kier molecular flexibility index (Phi) is 7.56. The van der Waals surface area contributed by atoms with Crippen molar-refractivity contribution in [3.8, 4) is 33.9 Å². The molecule has 6 aromatic rings. The predicted octanol–water partition coefficient (Wildman–Crippen LogP) is 8.60. The second-order valence-electron chi connectivity index (χ2n) is 9.63. The van der Waals surface area contributed by atoms with Crippen LogP contribution in [0.15, 0.2) is 134 Å². The van der Waals surface area contributed by atoms with Crippen LogP contribution in [0, 0.1) is 11.6 Å². The first-order chi connectivity index (χ1) is 20.9. The van der Waals surface area contributed by atoms with Gasteiger partial charge in [0.2, 0.25) is 0 Å². The Balaban J connectivity index is 1.16. The normalized spacial score (nSPS) is 10.7. The van der Waals surface area contributed by atoms with Crippen LogP contribution in [0.3, 0.4) is 0 Å². The highest BCUT2D eigenvalue weighted by molar-refractivity contribution is 6.09. The van der Waals surface area contributed by atoms with E-state index in [0.29, 0.717) is 50.7 Å². The summed E-state index contributed by atoms with van der Waals surface area (Å²) >= 11 is 0. The lowest BCUT2D eigenvalue weighted by Crippen LogP contribution is -2.19. The topological polar surface area (TPSA) is 73.2 Å². The highest BCUT2D eigenvalue weighted by Gasteiger charge is 2.17. The Morgan fingerprint density at radius 3 is 1.77 bits per heavy atom. The Bertz CT molecular complexity index is 1820. The Labute approximate surface area is 245 Å². The number of rotatable bonds is 7. The number of carbonyl (C=O) groups excluding carboxylic acids is 2. The van der Waals surface area contributed by atoms with Crippen LogP contribution in [0.25, 0.3) is 22.4 Å². The number of ketones is 1. The van der Waals surface area contributed by atoms with E-state index < -0.39 is 11.8 Å². The molecule has 0 radical (unpaired) electrons. The maximum atomic E-state index is 13.6. The van der Waals surface area contributed by atoms with Gasteiger partial charge in [0.15, 0.2) is 5.78 Å². The molecule has 43 heavy (non-hydrogen) atoms. The van der Waals surface area contributed by atoms with Gasteiger partial charge in [0, 0.05) is 34.1 Å². The summed E-state index contributed by atoms with van der Waals surface area (Å²) in [6.07, 6.45) is 1.55. The van der Waals surface area contributed by atoms with E-state index >= 15 is 0 Å². The molecule has 0 unspecified atom stereocenters.